The first-order valence-corrected chi connectivity index (χ1v) is 24.5. The Morgan fingerprint density at radius 1 is 0.500 bits per heavy atom. The second-order valence-electron chi connectivity index (χ2n) is 14.5. The zero-order valence-electron chi connectivity index (χ0n) is 37.6. The van der Waals surface area contributed by atoms with E-state index in [1.54, 1.807) is 0 Å². The molecule has 0 spiro atoms. The maximum absolute atomic E-state index is 12.6. The van der Waals surface area contributed by atoms with Crippen LogP contribution in [0, 0.1) is 0 Å². The summed E-state index contributed by atoms with van der Waals surface area (Å²) < 4.78 is 33.4. The third-order valence-electron chi connectivity index (χ3n) is 8.87. The number of unbranched alkanes of at least 4 members (excludes halogenated alkanes) is 9. The number of carbonyl (C=O) groups is 1. The van der Waals surface area contributed by atoms with Crippen LogP contribution in [0.15, 0.2) is 122 Å². The Kier molecular flexibility index (Phi) is 44.5. The van der Waals surface area contributed by atoms with Crippen molar-refractivity contribution in [2.24, 2.45) is 5.73 Å². The monoisotopic (exact) mass is 854 g/mol. The van der Waals surface area contributed by atoms with Crippen molar-refractivity contribution in [1.29, 1.82) is 0 Å². The Morgan fingerprint density at radius 2 is 0.883 bits per heavy atom. The minimum Gasteiger partial charge on any atom is -0.457 e. The first-order chi connectivity index (χ1) is 29.4. The average Bonchev–Trinajstić information content (AvgIpc) is 3.24. The first kappa shape index (κ1) is 56.9. The molecule has 0 fully saturated rings. The molecule has 0 saturated heterocycles. The third-order valence-corrected chi connectivity index (χ3v) is 9.86. The van der Waals surface area contributed by atoms with Gasteiger partial charge in [-0.2, -0.15) is 0 Å². The zero-order chi connectivity index (χ0) is 43.7. The van der Waals surface area contributed by atoms with Crippen molar-refractivity contribution in [2.75, 3.05) is 33.0 Å². The van der Waals surface area contributed by atoms with E-state index in [1.165, 1.54) is 25.7 Å². The predicted octanol–water partition coefficient (Wildman–Crippen LogP) is 14.2. The minimum absolute atomic E-state index is 0.0818. The number of rotatable bonds is 42. The second kappa shape index (κ2) is 47.0. The SMILES string of the molecule is CC/C=C\C/C=C\C/C=C\C/C=C\C/C=C\C/C=C\CCCCC(=O)OC(COCCCCCCCCC/C=C\C/C=C\C/C=C\C/C=C\CC)COP(=O)(O)OCCN. The summed E-state index contributed by atoms with van der Waals surface area (Å²) in [6.07, 6.45) is 65.1. The van der Waals surface area contributed by atoms with Crippen molar-refractivity contribution in [1.82, 2.24) is 0 Å². The molecule has 0 amide bonds. The summed E-state index contributed by atoms with van der Waals surface area (Å²) in [6, 6.07) is 0. The van der Waals surface area contributed by atoms with Gasteiger partial charge in [-0.05, 0) is 103 Å². The summed E-state index contributed by atoms with van der Waals surface area (Å²) in [4.78, 5) is 22.5. The molecule has 0 aliphatic heterocycles. The van der Waals surface area contributed by atoms with Gasteiger partial charge in [-0.15, -0.1) is 0 Å². The molecule has 60 heavy (non-hydrogen) atoms. The van der Waals surface area contributed by atoms with Crippen molar-refractivity contribution in [2.45, 2.75) is 161 Å². The third kappa shape index (κ3) is 46.0. The van der Waals surface area contributed by atoms with Gasteiger partial charge < -0.3 is 20.1 Å². The van der Waals surface area contributed by atoms with Gasteiger partial charge in [0.25, 0.3) is 0 Å². The van der Waals surface area contributed by atoms with E-state index in [0.717, 1.165) is 103 Å². The molecule has 0 radical (unpaired) electrons. The maximum Gasteiger partial charge on any atom is 0.472 e. The fourth-order valence-electron chi connectivity index (χ4n) is 5.58. The zero-order valence-corrected chi connectivity index (χ0v) is 38.5. The number of phosphoric ester groups is 1. The molecule has 2 unspecified atom stereocenters. The van der Waals surface area contributed by atoms with Gasteiger partial charge in [0.2, 0.25) is 0 Å². The van der Waals surface area contributed by atoms with Crippen LogP contribution in [0.4, 0.5) is 0 Å². The van der Waals surface area contributed by atoms with Crippen molar-refractivity contribution in [3.05, 3.63) is 122 Å². The van der Waals surface area contributed by atoms with Crippen LogP contribution in [0.5, 0.6) is 0 Å². The van der Waals surface area contributed by atoms with E-state index in [0.29, 0.717) is 13.0 Å². The van der Waals surface area contributed by atoms with Crippen molar-refractivity contribution in [3.63, 3.8) is 0 Å². The Labute approximate surface area is 366 Å². The first-order valence-electron chi connectivity index (χ1n) is 23.0. The Balaban J connectivity index is 4.16. The molecule has 0 rings (SSSR count). The van der Waals surface area contributed by atoms with Crippen LogP contribution < -0.4 is 5.73 Å². The molecule has 3 N–H and O–H groups in total. The van der Waals surface area contributed by atoms with Crippen LogP contribution in [0.25, 0.3) is 0 Å². The molecule has 0 aromatic rings. The number of phosphoric acid groups is 1. The summed E-state index contributed by atoms with van der Waals surface area (Å²) in [5, 5.41) is 0. The Bertz CT molecular complexity index is 1320. The number of esters is 1. The Morgan fingerprint density at radius 3 is 1.32 bits per heavy atom. The van der Waals surface area contributed by atoms with E-state index >= 15 is 0 Å². The lowest BCUT2D eigenvalue weighted by Gasteiger charge is -2.20. The van der Waals surface area contributed by atoms with Gasteiger partial charge in [0.05, 0.1) is 19.8 Å². The standard InChI is InChI=1S/C51H84NO7P/c1-3-5-7-9-11-13-15-17-19-21-23-25-26-28-30-32-34-36-38-40-42-44-51(53)59-50(49-58-60(54,55)57-47-45-52)48-56-46-43-41-39-37-35-33-31-29-27-24-22-20-18-16-14-12-10-8-6-4-2/h5-8,11-14,17-20,23-25,27-28,30,34,36,50H,3-4,9-10,15-16,21-22,26,29,31-33,35,37-49,52H2,1-2H3,(H,54,55)/b7-5-,8-6-,13-11-,14-12-,19-17-,20-18-,25-23-,27-24-,30-28-,36-34-. The highest BCUT2D eigenvalue weighted by atomic mass is 31.2. The summed E-state index contributed by atoms with van der Waals surface area (Å²) >= 11 is 0. The number of ether oxygens (including phenoxy) is 2. The molecule has 0 heterocycles. The van der Waals surface area contributed by atoms with Crippen LogP contribution in [0.2, 0.25) is 0 Å². The fourth-order valence-corrected chi connectivity index (χ4v) is 6.34. The van der Waals surface area contributed by atoms with Crippen molar-refractivity contribution < 1.29 is 32.8 Å². The maximum atomic E-state index is 12.6. The lowest BCUT2D eigenvalue weighted by Crippen LogP contribution is -2.28. The quantitative estimate of drug-likeness (QED) is 0.0270. The van der Waals surface area contributed by atoms with Gasteiger partial charge in [0.15, 0.2) is 0 Å². The van der Waals surface area contributed by atoms with Crippen LogP contribution in [-0.2, 0) is 27.9 Å². The topological polar surface area (TPSA) is 117 Å². The largest absolute Gasteiger partial charge is 0.472 e. The lowest BCUT2D eigenvalue weighted by atomic mass is 10.1. The molecule has 0 aromatic heterocycles. The molecule has 0 aliphatic rings. The average molecular weight is 854 g/mol. The summed E-state index contributed by atoms with van der Waals surface area (Å²) in [5.74, 6) is -0.382. The van der Waals surface area contributed by atoms with Gasteiger partial charge in [0.1, 0.15) is 6.10 Å². The van der Waals surface area contributed by atoms with E-state index in [2.05, 4.69) is 135 Å². The number of nitrogens with two attached hydrogens (primary N) is 1. The highest BCUT2D eigenvalue weighted by molar-refractivity contribution is 7.47. The van der Waals surface area contributed by atoms with Gasteiger partial charge in [-0.3, -0.25) is 13.8 Å². The number of hydrogen-bond acceptors (Lipinski definition) is 7. The van der Waals surface area contributed by atoms with E-state index in [4.69, 9.17) is 24.3 Å². The summed E-state index contributed by atoms with van der Waals surface area (Å²) in [5.41, 5.74) is 5.37. The number of allylic oxidation sites excluding steroid dienone is 20. The van der Waals surface area contributed by atoms with Gasteiger partial charge in [-0.1, -0.05) is 167 Å². The van der Waals surface area contributed by atoms with Crippen molar-refractivity contribution in [3.8, 4) is 0 Å². The molecule has 0 aromatic carbocycles. The van der Waals surface area contributed by atoms with Crippen molar-refractivity contribution >= 4 is 13.8 Å². The van der Waals surface area contributed by atoms with E-state index in [1.807, 2.05) is 0 Å². The van der Waals surface area contributed by atoms with Gasteiger partial charge in [0, 0.05) is 19.6 Å². The van der Waals surface area contributed by atoms with Crippen LogP contribution >= 0.6 is 7.82 Å². The molecule has 0 aliphatic carbocycles. The van der Waals surface area contributed by atoms with E-state index in [9.17, 15) is 14.3 Å². The smallest absolute Gasteiger partial charge is 0.457 e. The molecule has 8 nitrogen and oxygen atoms in total. The summed E-state index contributed by atoms with van der Waals surface area (Å²) in [7, 11) is -4.31. The Hall–Kier alpha value is -3.10. The minimum atomic E-state index is -4.31. The van der Waals surface area contributed by atoms with Gasteiger partial charge >= 0.3 is 13.8 Å². The number of hydrogen-bond donors (Lipinski definition) is 2. The normalized spacial score (nSPS) is 14.5. The van der Waals surface area contributed by atoms with Crippen LogP contribution in [0.3, 0.4) is 0 Å². The summed E-state index contributed by atoms with van der Waals surface area (Å²) in [6.45, 7) is 4.57. The molecular weight excluding hydrogens is 770 g/mol. The lowest BCUT2D eigenvalue weighted by molar-refractivity contribution is -0.154. The van der Waals surface area contributed by atoms with Crippen LogP contribution in [0.1, 0.15) is 155 Å². The van der Waals surface area contributed by atoms with E-state index < -0.39 is 13.9 Å². The highest BCUT2D eigenvalue weighted by Crippen LogP contribution is 2.43. The molecule has 2 atom stereocenters. The number of carbonyl (C=O) groups excluding carboxylic acids is 1. The molecule has 9 heteroatoms. The molecule has 0 bridgehead atoms. The second-order valence-corrected chi connectivity index (χ2v) is 16.0. The van der Waals surface area contributed by atoms with Gasteiger partial charge in [-0.25, -0.2) is 4.57 Å². The molecular formula is C51H84NO7P. The predicted molar refractivity (Wildman–Crippen MR) is 256 cm³/mol. The molecule has 340 valence electrons. The van der Waals surface area contributed by atoms with Crippen LogP contribution in [-0.4, -0.2) is 49.9 Å². The molecule has 0 saturated carbocycles. The van der Waals surface area contributed by atoms with E-state index in [-0.39, 0.29) is 38.8 Å². The fraction of sp³-hybridized carbons (Fsp3) is 0.588. The highest BCUT2D eigenvalue weighted by Gasteiger charge is 2.25.